The summed E-state index contributed by atoms with van der Waals surface area (Å²) in [4.78, 5) is 7.15. The molecule has 0 fully saturated rings. The molecule has 1 atom stereocenters. The number of aliphatic hydroxyl groups is 1. The summed E-state index contributed by atoms with van der Waals surface area (Å²) in [5, 5.41) is 11.4. The molecule has 1 aromatic carbocycles. The largest absolute Gasteiger partial charge is 0.495 e. The maximum absolute atomic E-state index is 14.4. The third-order valence-corrected chi connectivity index (χ3v) is 4.37. The molecule has 6 nitrogen and oxygen atoms in total. The molecule has 0 aliphatic rings. The van der Waals surface area contributed by atoms with Crippen molar-refractivity contribution < 1.29 is 23.7 Å². The number of fused-ring (bicyclic) bond motifs is 1. The van der Waals surface area contributed by atoms with E-state index in [0.717, 1.165) is 0 Å². The van der Waals surface area contributed by atoms with E-state index in [1.807, 2.05) is 0 Å². The van der Waals surface area contributed by atoms with Crippen molar-refractivity contribution in [3.63, 3.8) is 0 Å². The second-order valence-corrected chi connectivity index (χ2v) is 5.91. The maximum atomic E-state index is 14.4. The minimum Gasteiger partial charge on any atom is -0.495 e. The lowest BCUT2D eigenvalue weighted by Gasteiger charge is -2.16. The summed E-state index contributed by atoms with van der Waals surface area (Å²) in [5.74, 6) is 0.162. The first-order chi connectivity index (χ1) is 12.6. The van der Waals surface area contributed by atoms with Crippen molar-refractivity contribution in [2.24, 2.45) is 0 Å². The van der Waals surface area contributed by atoms with Crippen molar-refractivity contribution in [1.29, 1.82) is 0 Å². The Hall–Kier alpha value is -2.35. The van der Waals surface area contributed by atoms with Crippen LogP contribution in [0.5, 0.6) is 11.5 Å². The predicted molar refractivity (Wildman–Crippen MR) is 95.5 cm³/mol. The third-order valence-electron chi connectivity index (χ3n) is 3.98. The molecule has 0 saturated heterocycles. The Morgan fingerprint density at radius 2 is 2.12 bits per heavy atom. The molecular weight excluding hydrogens is 363 g/mol. The van der Waals surface area contributed by atoms with E-state index >= 15 is 0 Å². The number of aromatic amines is 1. The number of nitrogens with zero attached hydrogens (tertiary/aromatic N) is 1. The van der Waals surface area contributed by atoms with Crippen molar-refractivity contribution in [1.82, 2.24) is 9.97 Å². The molecule has 0 bridgehead atoms. The van der Waals surface area contributed by atoms with Crippen molar-refractivity contribution in [3.8, 4) is 11.5 Å². The van der Waals surface area contributed by atoms with Gasteiger partial charge in [0.1, 0.15) is 35.7 Å². The van der Waals surface area contributed by atoms with Crippen LogP contribution in [-0.4, -0.2) is 42.5 Å². The number of nitrogens with one attached hydrogen (secondary N) is 1. The molecule has 0 saturated carbocycles. The van der Waals surface area contributed by atoms with Crippen LogP contribution in [0.3, 0.4) is 0 Å². The molecule has 3 rings (SSSR count). The van der Waals surface area contributed by atoms with E-state index in [1.54, 1.807) is 25.6 Å². The van der Waals surface area contributed by atoms with Crippen molar-refractivity contribution in [3.05, 3.63) is 52.6 Å². The first kappa shape index (κ1) is 18.4. The van der Waals surface area contributed by atoms with E-state index in [2.05, 4.69) is 9.97 Å². The van der Waals surface area contributed by atoms with Crippen LogP contribution < -0.4 is 9.47 Å². The van der Waals surface area contributed by atoms with Crippen LogP contribution in [0.4, 0.5) is 4.39 Å². The van der Waals surface area contributed by atoms with E-state index in [9.17, 15) is 9.50 Å². The standard InChI is InChI=1S/C18H18ClFN2O4/c1-24-5-6-26-14-4-3-13(20)15(16(14)19)17(23)12-9-22-18-11(12)7-10(25-2)8-21-18/h3-4,7-9,17,23H,5-6H2,1-2H3,(H,21,22). The van der Waals surface area contributed by atoms with Gasteiger partial charge in [-0.15, -0.1) is 0 Å². The predicted octanol–water partition coefficient (Wildman–Crippen LogP) is 3.47. The molecule has 8 heteroatoms. The smallest absolute Gasteiger partial charge is 0.138 e. The first-order valence-electron chi connectivity index (χ1n) is 7.85. The van der Waals surface area contributed by atoms with Crippen molar-refractivity contribution >= 4 is 22.6 Å². The molecule has 0 amide bonds. The second kappa shape index (κ2) is 7.90. The average Bonchev–Trinajstić information content (AvgIpc) is 3.06. The number of rotatable bonds is 7. The molecule has 0 aliphatic carbocycles. The number of methoxy groups -OCH3 is 2. The number of aromatic nitrogens is 2. The Morgan fingerprint density at radius 1 is 1.31 bits per heavy atom. The summed E-state index contributed by atoms with van der Waals surface area (Å²) >= 11 is 6.30. The van der Waals surface area contributed by atoms with Gasteiger partial charge in [0.15, 0.2) is 0 Å². The molecule has 2 heterocycles. The fourth-order valence-corrected chi connectivity index (χ4v) is 2.96. The van der Waals surface area contributed by atoms with Gasteiger partial charge in [-0.1, -0.05) is 11.6 Å². The molecule has 1 unspecified atom stereocenters. The van der Waals surface area contributed by atoms with Gasteiger partial charge in [0.25, 0.3) is 0 Å². The van der Waals surface area contributed by atoms with E-state index in [-0.39, 0.29) is 22.9 Å². The molecular formula is C18H18ClFN2O4. The van der Waals surface area contributed by atoms with Crippen LogP contribution in [0.2, 0.25) is 5.02 Å². The van der Waals surface area contributed by atoms with Crippen molar-refractivity contribution in [2.45, 2.75) is 6.10 Å². The Labute approximate surface area is 154 Å². The van der Waals surface area contributed by atoms with Gasteiger partial charge in [-0.2, -0.15) is 0 Å². The van der Waals surface area contributed by atoms with Gasteiger partial charge in [-0.3, -0.25) is 0 Å². The van der Waals surface area contributed by atoms with Crippen molar-refractivity contribution in [2.75, 3.05) is 27.4 Å². The second-order valence-electron chi connectivity index (χ2n) is 5.53. The lowest BCUT2D eigenvalue weighted by molar-refractivity contribution is 0.146. The highest BCUT2D eigenvalue weighted by Gasteiger charge is 2.24. The highest BCUT2D eigenvalue weighted by molar-refractivity contribution is 6.33. The molecule has 138 valence electrons. The molecule has 0 spiro atoms. The summed E-state index contributed by atoms with van der Waals surface area (Å²) in [6.45, 7) is 0.616. The Morgan fingerprint density at radius 3 is 2.85 bits per heavy atom. The quantitative estimate of drug-likeness (QED) is 0.614. The van der Waals surface area contributed by atoms with Gasteiger partial charge in [0.2, 0.25) is 0 Å². The third kappa shape index (κ3) is 3.46. The highest BCUT2D eigenvalue weighted by Crippen LogP contribution is 2.39. The summed E-state index contributed by atoms with van der Waals surface area (Å²) in [6.07, 6.45) is 1.80. The van der Waals surface area contributed by atoms with Crippen LogP contribution in [0.25, 0.3) is 11.0 Å². The highest BCUT2D eigenvalue weighted by atomic mass is 35.5. The van der Waals surface area contributed by atoms with Gasteiger partial charge in [-0.05, 0) is 18.2 Å². The lowest BCUT2D eigenvalue weighted by Crippen LogP contribution is -2.08. The van der Waals surface area contributed by atoms with Gasteiger partial charge < -0.3 is 24.3 Å². The first-order valence-corrected chi connectivity index (χ1v) is 8.23. The number of hydrogen-bond donors (Lipinski definition) is 2. The molecule has 2 aromatic heterocycles. The van der Waals surface area contributed by atoms with Gasteiger partial charge >= 0.3 is 0 Å². The van der Waals surface area contributed by atoms with Crippen LogP contribution in [0.15, 0.2) is 30.6 Å². The number of H-pyrrole nitrogens is 1. The van der Waals surface area contributed by atoms with Crippen LogP contribution >= 0.6 is 11.6 Å². The van der Waals surface area contributed by atoms with E-state index in [4.69, 9.17) is 25.8 Å². The summed E-state index contributed by atoms with van der Waals surface area (Å²) in [6, 6.07) is 4.34. The molecule has 26 heavy (non-hydrogen) atoms. The summed E-state index contributed by atoms with van der Waals surface area (Å²) < 4.78 is 30.0. The zero-order valence-electron chi connectivity index (χ0n) is 14.3. The van der Waals surface area contributed by atoms with Gasteiger partial charge in [0, 0.05) is 29.8 Å². The number of benzene rings is 1. The maximum Gasteiger partial charge on any atom is 0.138 e. The topological polar surface area (TPSA) is 76.6 Å². The van der Waals surface area contributed by atoms with Crippen LogP contribution in [0, 0.1) is 5.82 Å². The van der Waals surface area contributed by atoms with Crippen LogP contribution in [-0.2, 0) is 4.74 Å². The Kier molecular flexibility index (Phi) is 5.61. The molecule has 3 aromatic rings. The lowest BCUT2D eigenvalue weighted by atomic mass is 10.0. The fraction of sp³-hybridized carbons (Fsp3) is 0.278. The molecule has 0 radical (unpaired) electrons. The zero-order valence-corrected chi connectivity index (χ0v) is 15.0. The summed E-state index contributed by atoms with van der Waals surface area (Å²) in [5.41, 5.74) is 0.912. The SMILES string of the molecule is COCCOc1ccc(F)c(C(O)c2c[nH]c3ncc(OC)cc23)c1Cl. The van der Waals surface area contributed by atoms with E-state index in [1.165, 1.54) is 19.2 Å². The Balaban J connectivity index is 2.02. The number of hydrogen-bond acceptors (Lipinski definition) is 5. The normalized spacial score (nSPS) is 12.3. The zero-order chi connectivity index (χ0) is 18.7. The number of halogens is 2. The van der Waals surface area contributed by atoms with Gasteiger partial charge in [0.05, 0.1) is 24.9 Å². The monoisotopic (exact) mass is 380 g/mol. The minimum absolute atomic E-state index is 0.0128. The number of ether oxygens (including phenoxy) is 3. The van der Waals surface area contributed by atoms with Gasteiger partial charge in [-0.25, -0.2) is 9.37 Å². The number of aliphatic hydroxyl groups excluding tert-OH is 1. The average molecular weight is 381 g/mol. The van der Waals surface area contributed by atoms with E-state index in [0.29, 0.717) is 29.0 Å². The number of pyridine rings is 1. The fourth-order valence-electron chi connectivity index (χ4n) is 2.64. The van der Waals surface area contributed by atoms with Crippen LogP contribution in [0.1, 0.15) is 17.2 Å². The molecule has 0 aliphatic heterocycles. The summed E-state index contributed by atoms with van der Waals surface area (Å²) in [7, 11) is 3.06. The Bertz CT molecular complexity index is 916. The minimum atomic E-state index is -1.31. The van der Waals surface area contributed by atoms with E-state index < -0.39 is 11.9 Å². The molecule has 2 N–H and O–H groups in total.